The Morgan fingerprint density at radius 2 is 2.04 bits per heavy atom. The zero-order chi connectivity index (χ0) is 17.3. The summed E-state index contributed by atoms with van der Waals surface area (Å²) in [6.07, 6.45) is 3.04. The van der Waals surface area contributed by atoms with Gasteiger partial charge in [0.1, 0.15) is 5.54 Å². The van der Waals surface area contributed by atoms with Crippen molar-refractivity contribution in [1.82, 2.24) is 15.6 Å². The number of rotatable bonds is 3. The van der Waals surface area contributed by atoms with Gasteiger partial charge in [0.05, 0.1) is 5.56 Å². The predicted octanol–water partition coefficient (Wildman–Crippen LogP) is 2.15. The largest absolute Gasteiger partial charge is 0.322 e. The lowest BCUT2D eigenvalue weighted by Gasteiger charge is -2.21. The number of benzene rings is 1. The molecule has 1 aliphatic heterocycles. The van der Waals surface area contributed by atoms with E-state index in [0.29, 0.717) is 21.3 Å². The summed E-state index contributed by atoms with van der Waals surface area (Å²) in [7, 11) is 0. The molecule has 3 rings (SSSR count). The van der Waals surface area contributed by atoms with E-state index in [1.807, 2.05) is 0 Å². The third-order valence-electron chi connectivity index (χ3n) is 3.71. The van der Waals surface area contributed by atoms with Gasteiger partial charge in [-0.1, -0.05) is 12.1 Å². The first kappa shape index (κ1) is 16.1. The Kier molecular flexibility index (Phi) is 4.06. The van der Waals surface area contributed by atoms with Crippen LogP contribution in [0.4, 0.5) is 10.5 Å². The molecule has 122 valence electrons. The number of urea groups is 1. The lowest BCUT2D eigenvalue weighted by atomic mass is 9.92. The van der Waals surface area contributed by atoms with Gasteiger partial charge in [0.15, 0.2) is 0 Å². The van der Waals surface area contributed by atoms with Crippen molar-refractivity contribution in [3.8, 4) is 0 Å². The van der Waals surface area contributed by atoms with Gasteiger partial charge in [0.2, 0.25) is 0 Å². The van der Waals surface area contributed by atoms with Gasteiger partial charge in [-0.15, -0.1) is 0 Å². The van der Waals surface area contributed by atoms with Gasteiger partial charge in [0, 0.05) is 22.6 Å². The highest BCUT2D eigenvalue weighted by Gasteiger charge is 2.43. The van der Waals surface area contributed by atoms with Crippen molar-refractivity contribution >= 4 is 39.5 Å². The van der Waals surface area contributed by atoms with Crippen LogP contribution < -0.4 is 16.0 Å². The normalized spacial score (nSPS) is 19.6. The molecule has 4 amide bonds. The quantitative estimate of drug-likeness (QED) is 0.701. The lowest BCUT2D eigenvalue weighted by molar-refractivity contribution is -0.123. The number of nitrogens with zero attached hydrogens (tertiary/aromatic N) is 1. The Morgan fingerprint density at radius 1 is 1.25 bits per heavy atom. The molecule has 8 heteroatoms. The Bertz CT molecular complexity index is 855. The SMILES string of the molecule is C[C@]1(c2cccc(NC(=O)c3cncc(Br)c3)c2)NC(=O)NC1=O. The maximum atomic E-state index is 12.3. The summed E-state index contributed by atoms with van der Waals surface area (Å²) in [6, 6.07) is 7.86. The molecule has 0 spiro atoms. The lowest BCUT2D eigenvalue weighted by Crippen LogP contribution is -2.40. The third kappa shape index (κ3) is 3.00. The molecule has 1 aliphatic rings. The molecule has 1 atom stereocenters. The summed E-state index contributed by atoms with van der Waals surface area (Å²) in [5.41, 5.74) is 0.298. The number of hydrogen-bond acceptors (Lipinski definition) is 4. The number of carbonyl (C=O) groups is 3. The van der Waals surface area contributed by atoms with Crippen LogP contribution in [0.15, 0.2) is 47.2 Å². The van der Waals surface area contributed by atoms with Gasteiger partial charge < -0.3 is 10.6 Å². The van der Waals surface area contributed by atoms with E-state index in [-0.39, 0.29) is 5.91 Å². The van der Waals surface area contributed by atoms with E-state index in [1.165, 1.54) is 6.20 Å². The monoisotopic (exact) mass is 388 g/mol. The molecule has 7 nitrogen and oxygen atoms in total. The first-order valence-corrected chi connectivity index (χ1v) is 7.84. The number of amides is 4. The average Bonchev–Trinajstić information content (AvgIpc) is 2.81. The summed E-state index contributed by atoms with van der Waals surface area (Å²) in [6.45, 7) is 1.60. The molecule has 24 heavy (non-hydrogen) atoms. The van der Waals surface area contributed by atoms with Gasteiger partial charge in [-0.25, -0.2) is 4.79 Å². The first-order chi connectivity index (χ1) is 11.4. The molecule has 1 aromatic heterocycles. The Morgan fingerprint density at radius 3 is 2.71 bits per heavy atom. The van der Waals surface area contributed by atoms with Crippen molar-refractivity contribution in [3.05, 3.63) is 58.3 Å². The highest BCUT2D eigenvalue weighted by atomic mass is 79.9. The van der Waals surface area contributed by atoms with Gasteiger partial charge in [0.25, 0.3) is 11.8 Å². The van der Waals surface area contributed by atoms with E-state index in [4.69, 9.17) is 0 Å². The van der Waals surface area contributed by atoms with Crippen LogP contribution in [-0.2, 0) is 10.3 Å². The predicted molar refractivity (Wildman–Crippen MR) is 90.4 cm³/mol. The van der Waals surface area contributed by atoms with Gasteiger partial charge >= 0.3 is 6.03 Å². The van der Waals surface area contributed by atoms with Crippen molar-refractivity contribution in [2.24, 2.45) is 0 Å². The Hall–Kier alpha value is -2.74. The topological polar surface area (TPSA) is 100 Å². The van der Waals surface area contributed by atoms with Gasteiger partial charge in [-0.3, -0.25) is 19.9 Å². The van der Waals surface area contributed by atoms with Crippen molar-refractivity contribution in [1.29, 1.82) is 0 Å². The van der Waals surface area contributed by atoms with Crippen LogP contribution >= 0.6 is 15.9 Å². The molecular weight excluding hydrogens is 376 g/mol. The number of halogens is 1. The van der Waals surface area contributed by atoms with Crippen LogP contribution in [0.5, 0.6) is 0 Å². The molecule has 1 fully saturated rings. The highest BCUT2D eigenvalue weighted by Crippen LogP contribution is 2.26. The fraction of sp³-hybridized carbons (Fsp3) is 0.125. The number of nitrogens with one attached hydrogen (secondary N) is 3. The van der Waals surface area contributed by atoms with Gasteiger partial charge in [-0.05, 0) is 46.6 Å². The van der Waals surface area contributed by atoms with Crippen LogP contribution in [0.25, 0.3) is 0 Å². The minimum atomic E-state index is -1.17. The molecule has 0 radical (unpaired) electrons. The van der Waals surface area contributed by atoms with E-state index < -0.39 is 17.5 Å². The smallest absolute Gasteiger partial charge is 0.322 e. The fourth-order valence-corrected chi connectivity index (χ4v) is 2.76. The molecule has 2 heterocycles. The Balaban J connectivity index is 1.85. The van der Waals surface area contributed by atoms with E-state index >= 15 is 0 Å². The van der Waals surface area contributed by atoms with Crippen LogP contribution in [0.3, 0.4) is 0 Å². The number of imide groups is 1. The van der Waals surface area contributed by atoms with Crippen molar-refractivity contribution < 1.29 is 14.4 Å². The highest BCUT2D eigenvalue weighted by molar-refractivity contribution is 9.10. The third-order valence-corrected chi connectivity index (χ3v) is 4.14. The minimum absolute atomic E-state index is 0.328. The number of pyridine rings is 1. The molecule has 0 saturated carbocycles. The fourth-order valence-electron chi connectivity index (χ4n) is 2.39. The molecule has 1 saturated heterocycles. The number of aromatic nitrogens is 1. The number of hydrogen-bond donors (Lipinski definition) is 3. The molecule has 0 bridgehead atoms. The van der Waals surface area contributed by atoms with Crippen molar-refractivity contribution in [2.75, 3.05) is 5.32 Å². The second-order valence-electron chi connectivity index (χ2n) is 5.46. The number of carbonyl (C=O) groups excluding carboxylic acids is 3. The van der Waals surface area contributed by atoms with Crippen molar-refractivity contribution in [2.45, 2.75) is 12.5 Å². The summed E-state index contributed by atoms with van der Waals surface area (Å²) in [5, 5.41) is 7.54. The van der Waals surface area contributed by atoms with E-state index in [1.54, 1.807) is 43.5 Å². The Labute approximate surface area is 146 Å². The van der Waals surface area contributed by atoms with Crippen molar-refractivity contribution in [3.63, 3.8) is 0 Å². The molecule has 2 aromatic rings. The van der Waals surface area contributed by atoms with Crippen LogP contribution in [-0.4, -0.2) is 22.8 Å². The summed E-state index contributed by atoms with van der Waals surface area (Å²) in [4.78, 5) is 39.6. The minimum Gasteiger partial charge on any atom is -0.322 e. The average molecular weight is 389 g/mol. The number of anilines is 1. The molecule has 3 N–H and O–H groups in total. The molecule has 0 unspecified atom stereocenters. The van der Waals surface area contributed by atoms with E-state index in [2.05, 4.69) is 36.9 Å². The summed E-state index contributed by atoms with van der Waals surface area (Å²) < 4.78 is 0.696. The molecule has 0 aliphatic carbocycles. The standard InChI is InChI=1S/C16H13BrN4O3/c1-16(14(23)20-15(24)21-16)10-3-2-4-12(6-10)19-13(22)9-5-11(17)8-18-7-9/h2-8H,1H3,(H,19,22)(H2,20,21,23,24)/t16-/m1/s1. The first-order valence-electron chi connectivity index (χ1n) is 7.04. The molecule has 1 aromatic carbocycles. The van der Waals surface area contributed by atoms with Crippen LogP contribution in [0.2, 0.25) is 0 Å². The second-order valence-corrected chi connectivity index (χ2v) is 6.38. The maximum Gasteiger partial charge on any atom is 0.322 e. The summed E-state index contributed by atoms with van der Waals surface area (Å²) >= 11 is 3.26. The van der Waals surface area contributed by atoms with Crippen LogP contribution in [0.1, 0.15) is 22.8 Å². The second kappa shape index (κ2) is 6.04. The zero-order valence-electron chi connectivity index (χ0n) is 12.6. The van der Waals surface area contributed by atoms with E-state index in [0.717, 1.165) is 0 Å². The van der Waals surface area contributed by atoms with Gasteiger partial charge in [-0.2, -0.15) is 0 Å². The zero-order valence-corrected chi connectivity index (χ0v) is 14.2. The molecular formula is C16H13BrN4O3. The van der Waals surface area contributed by atoms with E-state index in [9.17, 15) is 14.4 Å². The van der Waals surface area contributed by atoms with Crippen LogP contribution in [0, 0.1) is 0 Å². The maximum absolute atomic E-state index is 12.3. The summed E-state index contributed by atoms with van der Waals surface area (Å²) in [5.74, 6) is -0.766.